The lowest BCUT2D eigenvalue weighted by atomic mass is 9.90. The Morgan fingerprint density at radius 3 is 2.20 bits per heavy atom. The summed E-state index contributed by atoms with van der Waals surface area (Å²) in [5.74, 6) is 0.339. The van der Waals surface area contributed by atoms with Gasteiger partial charge in [-0.1, -0.05) is 0 Å². The zero-order valence-electron chi connectivity index (χ0n) is 9.96. The molecule has 0 saturated carbocycles. The lowest BCUT2D eigenvalue weighted by molar-refractivity contribution is -0.145. The normalized spacial score (nSPS) is 34.5. The number of hydrogen-bond donors (Lipinski definition) is 0. The third-order valence-corrected chi connectivity index (χ3v) is 4.09. The molecular formula is C12H22N2O. The average Bonchev–Trinajstić information content (AvgIpc) is 2.71. The number of nitrogens with zero attached hydrogens (tertiary/aromatic N) is 2. The minimum atomic E-state index is -0.255. The number of likely N-dealkylation sites (N-methyl/N-ethyl adjacent to an activating group) is 1. The van der Waals surface area contributed by atoms with Crippen LogP contribution < -0.4 is 0 Å². The summed E-state index contributed by atoms with van der Waals surface area (Å²) in [7, 11) is 2.11. The molecule has 1 atom stereocenters. The van der Waals surface area contributed by atoms with Gasteiger partial charge in [-0.3, -0.25) is 14.6 Å². The van der Waals surface area contributed by atoms with E-state index < -0.39 is 0 Å². The first kappa shape index (κ1) is 11.1. The molecule has 0 aromatic carbocycles. The van der Waals surface area contributed by atoms with E-state index in [1.54, 1.807) is 6.92 Å². The molecule has 86 valence electrons. The summed E-state index contributed by atoms with van der Waals surface area (Å²) in [5, 5.41) is 0. The first-order chi connectivity index (χ1) is 7.18. The van der Waals surface area contributed by atoms with Crippen LogP contribution >= 0.6 is 0 Å². The molecule has 2 aliphatic rings. The van der Waals surface area contributed by atoms with Gasteiger partial charge in [0.2, 0.25) is 0 Å². The summed E-state index contributed by atoms with van der Waals surface area (Å²) < 4.78 is 0. The Morgan fingerprint density at radius 2 is 1.67 bits per heavy atom. The van der Waals surface area contributed by atoms with Crippen molar-refractivity contribution in [3.05, 3.63) is 0 Å². The molecule has 0 radical (unpaired) electrons. The van der Waals surface area contributed by atoms with Crippen molar-refractivity contribution in [2.45, 2.75) is 44.7 Å². The fourth-order valence-corrected chi connectivity index (χ4v) is 3.25. The SMILES string of the molecule is CC(=O)C1(N2CCCC2)CCCCN1C. The van der Waals surface area contributed by atoms with Gasteiger partial charge in [0.25, 0.3) is 0 Å². The Morgan fingerprint density at radius 1 is 1.07 bits per heavy atom. The Balaban J connectivity index is 2.24. The van der Waals surface area contributed by atoms with Gasteiger partial charge in [0, 0.05) is 13.1 Å². The van der Waals surface area contributed by atoms with Crippen LogP contribution in [0.2, 0.25) is 0 Å². The van der Waals surface area contributed by atoms with Crippen LogP contribution in [0.1, 0.15) is 39.0 Å². The number of carbonyl (C=O) groups excluding carboxylic acids is 1. The minimum Gasteiger partial charge on any atom is -0.296 e. The third-order valence-electron chi connectivity index (χ3n) is 4.09. The first-order valence-electron chi connectivity index (χ1n) is 6.15. The molecule has 2 fully saturated rings. The van der Waals surface area contributed by atoms with Crippen LogP contribution in [-0.4, -0.2) is 47.9 Å². The van der Waals surface area contributed by atoms with Gasteiger partial charge in [-0.2, -0.15) is 0 Å². The lowest BCUT2D eigenvalue weighted by Crippen LogP contribution is -2.64. The number of Topliss-reactive ketones (excluding diaryl/α,β-unsaturated/α-hetero) is 1. The third kappa shape index (κ3) is 1.72. The number of likely N-dealkylation sites (tertiary alicyclic amines) is 2. The molecular weight excluding hydrogens is 188 g/mol. The minimum absolute atomic E-state index is 0.255. The molecule has 15 heavy (non-hydrogen) atoms. The molecule has 1 unspecified atom stereocenters. The van der Waals surface area contributed by atoms with Crippen molar-refractivity contribution < 1.29 is 4.79 Å². The quantitative estimate of drug-likeness (QED) is 0.690. The Bertz CT molecular complexity index is 248. The molecule has 2 rings (SSSR count). The van der Waals surface area contributed by atoms with Crippen LogP contribution in [0.25, 0.3) is 0 Å². The maximum absolute atomic E-state index is 12.0. The van der Waals surface area contributed by atoms with Crippen molar-refractivity contribution in [2.75, 3.05) is 26.7 Å². The Labute approximate surface area is 92.4 Å². The highest BCUT2D eigenvalue weighted by atomic mass is 16.1. The predicted molar refractivity (Wildman–Crippen MR) is 60.7 cm³/mol. The summed E-state index contributed by atoms with van der Waals surface area (Å²) in [5.41, 5.74) is -0.255. The highest BCUT2D eigenvalue weighted by Gasteiger charge is 2.46. The molecule has 0 N–H and O–H groups in total. The van der Waals surface area contributed by atoms with Gasteiger partial charge in [-0.15, -0.1) is 0 Å². The highest BCUT2D eigenvalue weighted by Crippen LogP contribution is 2.33. The van der Waals surface area contributed by atoms with Crippen LogP contribution in [0, 0.1) is 0 Å². The van der Waals surface area contributed by atoms with E-state index in [9.17, 15) is 4.79 Å². The van der Waals surface area contributed by atoms with Gasteiger partial charge in [0.05, 0.1) is 0 Å². The van der Waals surface area contributed by atoms with E-state index >= 15 is 0 Å². The van der Waals surface area contributed by atoms with Crippen LogP contribution in [-0.2, 0) is 4.79 Å². The van der Waals surface area contributed by atoms with Gasteiger partial charge < -0.3 is 0 Å². The van der Waals surface area contributed by atoms with Crippen molar-refractivity contribution in [2.24, 2.45) is 0 Å². The Kier molecular flexibility index (Phi) is 3.12. The van der Waals surface area contributed by atoms with E-state index in [0.29, 0.717) is 5.78 Å². The van der Waals surface area contributed by atoms with Gasteiger partial charge in [-0.25, -0.2) is 0 Å². The first-order valence-corrected chi connectivity index (χ1v) is 6.15. The number of piperidine rings is 1. The van der Waals surface area contributed by atoms with Crippen LogP contribution in [0.5, 0.6) is 0 Å². The zero-order chi connectivity index (χ0) is 10.9. The number of carbonyl (C=O) groups is 1. The van der Waals surface area contributed by atoms with E-state index in [1.807, 2.05) is 0 Å². The van der Waals surface area contributed by atoms with E-state index in [1.165, 1.54) is 25.7 Å². The molecule has 0 bridgehead atoms. The topological polar surface area (TPSA) is 23.6 Å². The summed E-state index contributed by atoms with van der Waals surface area (Å²) in [4.78, 5) is 16.7. The van der Waals surface area contributed by atoms with Crippen molar-refractivity contribution >= 4 is 5.78 Å². The fraction of sp³-hybridized carbons (Fsp3) is 0.917. The molecule has 0 amide bonds. The van der Waals surface area contributed by atoms with Crippen LogP contribution in [0.3, 0.4) is 0 Å². The molecule has 3 heteroatoms. The summed E-state index contributed by atoms with van der Waals surface area (Å²) in [6.07, 6.45) is 5.96. The average molecular weight is 210 g/mol. The number of hydrogen-bond acceptors (Lipinski definition) is 3. The maximum atomic E-state index is 12.0. The lowest BCUT2D eigenvalue weighted by Gasteiger charge is -2.49. The summed E-state index contributed by atoms with van der Waals surface area (Å²) in [6.45, 7) is 5.03. The highest BCUT2D eigenvalue weighted by molar-refractivity contribution is 5.85. The summed E-state index contributed by atoms with van der Waals surface area (Å²) >= 11 is 0. The fourth-order valence-electron chi connectivity index (χ4n) is 3.25. The standard InChI is InChI=1S/C12H22N2O/c1-11(15)12(14-9-5-6-10-14)7-3-4-8-13(12)2/h3-10H2,1-2H3. The number of rotatable bonds is 2. The molecule has 2 heterocycles. The molecule has 2 saturated heterocycles. The smallest absolute Gasteiger partial charge is 0.164 e. The van der Waals surface area contributed by atoms with Gasteiger partial charge in [0.1, 0.15) is 5.66 Å². The van der Waals surface area contributed by atoms with Crippen molar-refractivity contribution in [1.82, 2.24) is 9.80 Å². The second-order valence-corrected chi connectivity index (χ2v) is 4.95. The van der Waals surface area contributed by atoms with Crippen molar-refractivity contribution in [1.29, 1.82) is 0 Å². The second kappa shape index (κ2) is 4.22. The molecule has 0 aromatic heterocycles. The van der Waals surface area contributed by atoms with E-state index in [0.717, 1.165) is 26.1 Å². The molecule has 0 aliphatic carbocycles. The van der Waals surface area contributed by atoms with Gasteiger partial charge in [-0.05, 0) is 52.6 Å². The Hall–Kier alpha value is -0.410. The van der Waals surface area contributed by atoms with Crippen LogP contribution in [0.4, 0.5) is 0 Å². The zero-order valence-corrected chi connectivity index (χ0v) is 9.96. The largest absolute Gasteiger partial charge is 0.296 e. The molecule has 2 aliphatic heterocycles. The molecule has 3 nitrogen and oxygen atoms in total. The second-order valence-electron chi connectivity index (χ2n) is 4.95. The molecule has 0 aromatic rings. The van der Waals surface area contributed by atoms with Gasteiger partial charge in [0.15, 0.2) is 5.78 Å². The monoisotopic (exact) mass is 210 g/mol. The van der Waals surface area contributed by atoms with Gasteiger partial charge >= 0.3 is 0 Å². The molecule has 0 spiro atoms. The van der Waals surface area contributed by atoms with Crippen molar-refractivity contribution in [3.8, 4) is 0 Å². The number of ketones is 1. The predicted octanol–water partition coefficient (Wildman–Crippen LogP) is 1.48. The van der Waals surface area contributed by atoms with E-state index in [-0.39, 0.29) is 5.66 Å². The van der Waals surface area contributed by atoms with Crippen molar-refractivity contribution in [3.63, 3.8) is 0 Å². The van der Waals surface area contributed by atoms with E-state index in [2.05, 4.69) is 16.8 Å². The van der Waals surface area contributed by atoms with Crippen LogP contribution in [0.15, 0.2) is 0 Å². The summed E-state index contributed by atoms with van der Waals surface area (Å²) in [6, 6.07) is 0. The van der Waals surface area contributed by atoms with E-state index in [4.69, 9.17) is 0 Å². The maximum Gasteiger partial charge on any atom is 0.164 e.